The van der Waals surface area contributed by atoms with E-state index in [1.807, 2.05) is 18.2 Å². The largest absolute Gasteiger partial charge is 0.451 e. The number of methoxy groups -OCH3 is 1. The molecule has 0 aliphatic heterocycles. The molecule has 96 valence electrons. The molecule has 1 N–H and O–H groups in total. The second-order valence-corrected chi connectivity index (χ2v) is 4.81. The van der Waals surface area contributed by atoms with Crippen molar-refractivity contribution in [1.82, 2.24) is 5.32 Å². The van der Waals surface area contributed by atoms with Crippen LogP contribution in [0.3, 0.4) is 0 Å². The first-order valence-electron chi connectivity index (χ1n) is 5.67. The number of amides is 1. The fourth-order valence-corrected chi connectivity index (χ4v) is 2.01. The monoisotopic (exact) mass is 311 g/mol. The van der Waals surface area contributed by atoms with Gasteiger partial charge >= 0.3 is 0 Å². The van der Waals surface area contributed by atoms with Crippen molar-refractivity contribution >= 4 is 32.8 Å². The molecule has 1 aromatic carbocycles. The standard InChI is InChI=1S/C13H14BrNO3/c1-17-6-2-5-15-13(16)12-8-9-7-10(14)3-4-11(9)18-12/h3-4,7-8H,2,5-6H2,1H3,(H,15,16). The molecule has 0 fully saturated rings. The summed E-state index contributed by atoms with van der Waals surface area (Å²) in [7, 11) is 1.64. The number of carbonyl (C=O) groups is 1. The molecule has 0 atom stereocenters. The first kappa shape index (κ1) is 13.1. The van der Waals surface area contributed by atoms with Crippen LogP contribution in [0.5, 0.6) is 0 Å². The molecule has 0 spiro atoms. The van der Waals surface area contributed by atoms with Crippen molar-refractivity contribution in [3.63, 3.8) is 0 Å². The first-order valence-corrected chi connectivity index (χ1v) is 6.46. The normalized spacial score (nSPS) is 10.8. The molecule has 0 aliphatic rings. The summed E-state index contributed by atoms with van der Waals surface area (Å²) in [4.78, 5) is 11.8. The molecular weight excluding hydrogens is 298 g/mol. The van der Waals surface area contributed by atoms with Gasteiger partial charge in [-0.25, -0.2) is 0 Å². The van der Waals surface area contributed by atoms with Gasteiger partial charge in [0.25, 0.3) is 5.91 Å². The molecule has 5 heteroatoms. The van der Waals surface area contributed by atoms with Crippen molar-refractivity contribution in [3.05, 3.63) is 34.5 Å². The van der Waals surface area contributed by atoms with Gasteiger partial charge in [0.2, 0.25) is 0 Å². The molecule has 0 radical (unpaired) electrons. The summed E-state index contributed by atoms with van der Waals surface area (Å²) in [6.07, 6.45) is 0.786. The van der Waals surface area contributed by atoms with Gasteiger partial charge in [-0.15, -0.1) is 0 Å². The SMILES string of the molecule is COCCCNC(=O)c1cc2cc(Br)ccc2o1. The van der Waals surface area contributed by atoms with E-state index in [0.29, 0.717) is 24.5 Å². The van der Waals surface area contributed by atoms with Gasteiger partial charge in [0.15, 0.2) is 5.76 Å². The number of carbonyl (C=O) groups excluding carboxylic acids is 1. The van der Waals surface area contributed by atoms with Crippen LogP contribution in [-0.2, 0) is 4.74 Å². The summed E-state index contributed by atoms with van der Waals surface area (Å²) in [5.41, 5.74) is 0.709. The third-order valence-electron chi connectivity index (χ3n) is 2.51. The molecule has 1 heterocycles. The van der Waals surface area contributed by atoms with E-state index in [0.717, 1.165) is 16.3 Å². The van der Waals surface area contributed by atoms with Crippen LogP contribution in [-0.4, -0.2) is 26.2 Å². The Balaban J connectivity index is 2.04. The maximum Gasteiger partial charge on any atom is 0.287 e. The highest BCUT2D eigenvalue weighted by atomic mass is 79.9. The number of ether oxygens (including phenoxy) is 1. The molecule has 2 rings (SSSR count). The van der Waals surface area contributed by atoms with Crippen molar-refractivity contribution in [2.24, 2.45) is 0 Å². The summed E-state index contributed by atoms with van der Waals surface area (Å²) in [5.74, 6) is 0.138. The van der Waals surface area contributed by atoms with Crippen molar-refractivity contribution < 1.29 is 13.9 Å². The third kappa shape index (κ3) is 3.11. The minimum absolute atomic E-state index is 0.196. The van der Waals surface area contributed by atoms with E-state index in [1.165, 1.54) is 0 Å². The van der Waals surface area contributed by atoms with Gasteiger partial charge in [-0.1, -0.05) is 15.9 Å². The highest BCUT2D eigenvalue weighted by Crippen LogP contribution is 2.23. The van der Waals surface area contributed by atoms with Crippen LogP contribution >= 0.6 is 15.9 Å². The number of hydrogen-bond donors (Lipinski definition) is 1. The van der Waals surface area contributed by atoms with Gasteiger partial charge in [-0.3, -0.25) is 4.79 Å². The van der Waals surface area contributed by atoms with E-state index < -0.39 is 0 Å². The second-order valence-electron chi connectivity index (χ2n) is 3.90. The molecule has 0 unspecified atom stereocenters. The van der Waals surface area contributed by atoms with E-state index in [9.17, 15) is 4.79 Å². The van der Waals surface area contributed by atoms with Crippen LogP contribution in [0.4, 0.5) is 0 Å². The molecular formula is C13H14BrNO3. The quantitative estimate of drug-likeness (QED) is 0.864. The van der Waals surface area contributed by atoms with Crippen molar-refractivity contribution in [2.45, 2.75) is 6.42 Å². The van der Waals surface area contributed by atoms with Crippen molar-refractivity contribution in [3.8, 4) is 0 Å². The Morgan fingerprint density at radius 3 is 3.06 bits per heavy atom. The number of furan rings is 1. The minimum atomic E-state index is -0.196. The molecule has 2 aromatic rings. The number of halogens is 1. The highest BCUT2D eigenvalue weighted by Gasteiger charge is 2.11. The Hall–Kier alpha value is -1.33. The van der Waals surface area contributed by atoms with E-state index in [2.05, 4.69) is 21.2 Å². The molecule has 0 bridgehead atoms. The minimum Gasteiger partial charge on any atom is -0.451 e. The molecule has 18 heavy (non-hydrogen) atoms. The van der Waals surface area contributed by atoms with Crippen molar-refractivity contribution in [2.75, 3.05) is 20.3 Å². The molecule has 0 saturated heterocycles. The smallest absolute Gasteiger partial charge is 0.287 e. The predicted molar refractivity (Wildman–Crippen MR) is 72.7 cm³/mol. The third-order valence-corrected chi connectivity index (χ3v) is 3.01. The Morgan fingerprint density at radius 1 is 1.44 bits per heavy atom. The maximum absolute atomic E-state index is 11.8. The Bertz CT molecular complexity index is 550. The zero-order chi connectivity index (χ0) is 13.0. The second kappa shape index (κ2) is 6.02. The van der Waals surface area contributed by atoms with Crippen LogP contribution < -0.4 is 5.32 Å². The number of benzene rings is 1. The fraction of sp³-hybridized carbons (Fsp3) is 0.308. The van der Waals surface area contributed by atoms with Gasteiger partial charge in [0.05, 0.1) is 0 Å². The Kier molecular flexibility index (Phi) is 4.38. The summed E-state index contributed by atoms with van der Waals surface area (Å²) in [5, 5.41) is 3.69. The van der Waals surface area contributed by atoms with Crippen LogP contribution in [0.25, 0.3) is 11.0 Å². The lowest BCUT2D eigenvalue weighted by molar-refractivity contribution is 0.0923. The van der Waals surface area contributed by atoms with Crippen LogP contribution in [0.2, 0.25) is 0 Å². The number of rotatable bonds is 5. The zero-order valence-corrected chi connectivity index (χ0v) is 11.6. The highest BCUT2D eigenvalue weighted by molar-refractivity contribution is 9.10. The lowest BCUT2D eigenvalue weighted by Crippen LogP contribution is -2.24. The van der Waals surface area contributed by atoms with Gasteiger partial charge in [0.1, 0.15) is 5.58 Å². The number of fused-ring (bicyclic) bond motifs is 1. The number of hydrogen-bond acceptors (Lipinski definition) is 3. The van der Waals surface area contributed by atoms with Crippen LogP contribution in [0, 0.1) is 0 Å². The first-order chi connectivity index (χ1) is 8.70. The molecule has 1 aromatic heterocycles. The van der Waals surface area contributed by atoms with Gasteiger partial charge in [0, 0.05) is 30.1 Å². The summed E-state index contributed by atoms with van der Waals surface area (Å²) >= 11 is 3.38. The lowest BCUT2D eigenvalue weighted by Gasteiger charge is -2.01. The van der Waals surface area contributed by atoms with E-state index in [1.54, 1.807) is 13.2 Å². The predicted octanol–water partition coefficient (Wildman–Crippen LogP) is 2.96. The average Bonchev–Trinajstić information content (AvgIpc) is 2.77. The van der Waals surface area contributed by atoms with E-state index in [-0.39, 0.29) is 5.91 Å². The molecule has 4 nitrogen and oxygen atoms in total. The Labute approximate surface area is 113 Å². The van der Waals surface area contributed by atoms with Crippen LogP contribution in [0.1, 0.15) is 17.0 Å². The lowest BCUT2D eigenvalue weighted by atomic mass is 10.2. The summed E-state index contributed by atoms with van der Waals surface area (Å²) in [6, 6.07) is 7.37. The fourth-order valence-electron chi connectivity index (χ4n) is 1.63. The van der Waals surface area contributed by atoms with Crippen LogP contribution in [0.15, 0.2) is 33.2 Å². The topological polar surface area (TPSA) is 51.5 Å². The molecule has 0 aliphatic carbocycles. The van der Waals surface area contributed by atoms with Gasteiger partial charge in [-0.2, -0.15) is 0 Å². The molecule has 0 saturated carbocycles. The average molecular weight is 312 g/mol. The van der Waals surface area contributed by atoms with Gasteiger partial charge in [-0.05, 0) is 30.7 Å². The Morgan fingerprint density at radius 2 is 2.28 bits per heavy atom. The van der Waals surface area contributed by atoms with Crippen molar-refractivity contribution in [1.29, 1.82) is 0 Å². The molecule has 1 amide bonds. The zero-order valence-electron chi connectivity index (χ0n) is 10.0. The van der Waals surface area contributed by atoms with E-state index >= 15 is 0 Å². The summed E-state index contributed by atoms with van der Waals surface area (Å²) in [6.45, 7) is 1.21. The van der Waals surface area contributed by atoms with Gasteiger partial charge < -0.3 is 14.5 Å². The maximum atomic E-state index is 11.8. The van der Waals surface area contributed by atoms with E-state index in [4.69, 9.17) is 9.15 Å². The number of nitrogens with one attached hydrogen (secondary N) is 1. The summed E-state index contributed by atoms with van der Waals surface area (Å²) < 4.78 is 11.3.